The van der Waals surface area contributed by atoms with Gasteiger partial charge in [0.15, 0.2) is 9.84 Å². The summed E-state index contributed by atoms with van der Waals surface area (Å²) in [6.07, 6.45) is 3.04. The fourth-order valence-corrected chi connectivity index (χ4v) is 5.35. The van der Waals surface area contributed by atoms with Crippen LogP contribution in [0.5, 0.6) is 0 Å². The lowest BCUT2D eigenvalue weighted by Gasteiger charge is -2.26. The third-order valence-electron chi connectivity index (χ3n) is 4.55. The fourth-order valence-electron chi connectivity index (χ4n) is 3.48. The molecule has 2 fully saturated rings. The van der Waals surface area contributed by atoms with Gasteiger partial charge in [0, 0.05) is 13.0 Å². The number of hydrogen-bond donors (Lipinski definition) is 0. The molecule has 4 nitrogen and oxygen atoms in total. The van der Waals surface area contributed by atoms with Crippen LogP contribution in [0.3, 0.4) is 0 Å². The van der Waals surface area contributed by atoms with E-state index in [2.05, 4.69) is 12.1 Å². The zero-order valence-corrected chi connectivity index (χ0v) is 12.9. The first kappa shape index (κ1) is 14.6. The summed E-state index contributed by atoms with van der Waals surface area (Å²) in [5.41, 5.74) is 1.18. The van der Waals surface area contributed by atoms with Gasteiger partial charge in [-0.3, -0.25) is 4.79 Å². The molecule has 0 N–H and O–H groups in total. The van der Waals surface area contributed by atoms with Crippen molar-refractivity contribution in [3.63, 3.8) is 0 Å². The number of hydrogen-bond acceptors (Lipinski definition) is 3. The van der Waals surface area contributed by atoms with E-state index >= 15 is 0 Å². The molecule has 2 aliphatic heterocycles. The van der Waals surface area contributed by atoms with Gasteiger partial charge < -0.3 is 4.90 Å². The van der Waals surface area contributed by atoms with Gasteiger partial charge in [-0.05, 0) is 30.7 Å². The van der Waals surface area contributed by atoms with E-state index in [-0.39, 0.29) is 29.4 Å². The molecular formula is C16H21NO3S. The van der Waals surface area contributed by atoms with Crippen LogP contribution in [-0.4, -0.2) is 37.3 Å². The molecule has 5 heteroatoms. The number of carbonyl (C=O) groups is 1. The van der Waals surface area contributed by atoms with Crippen molar-refractivity contribution in [2.45, 2.75) is 31.7 Å². The highest BCUT2D eigenvalue weighted by Gasteiger charge is 2.34. The fraction of sp³-hybridized carbons (Fsp3) is 0.562. The first-order chi connectivity index (χ1) is 10.1. The lowest BCUT2D eigenvalue weighted by atomic mass is 10.0. The van der Waals surface area contributed by atoms with Gasteiger partial charge in [-0.15, -0.1) is 0 Å². The maximum Gasteiger partial charge on any atom is 0.223 e. The third-order valence-corrected chi connectivity index (χ3v) is 6.38. The van der Waals surface area contributed by atoms with E-state index in [1.807, 2.05) is 23.1 Å². The van der Waals surface area contributed by atoms with Gasteiger partial charge in [0.1, 0.15) is 0 Å². The SMILES string of the molecule is O=C(CC1CCS(=O)(=O)C1)N1CCCC1c1ccccc1. The molecule has 3 rings (SSSR count). The highest BCUT2D eigenvalue weighted by molar-refractivity contribution is 7.91. The Hall–Kier alpha value is -1.36. The molecule has 114 valence electrons. The molecule has 1 aromatic carbocycles. The number of sulfone groups is 1. The molecule has 0 radical (unpaired) electrons. The Labute approximate surface area is 126 Å². The molecule has 21 heavy (non-hydrogen) atoms. The molecule has 0 aromatic heterocycles. The van der Waals surface area contributed by atoms with Crippen LogP contribution in [0.25, 0.3) is 0 Å². The third kappa shape index (κ3) is 3.28. The largest absolute Gasteiger partial charge is 0.336 e. The Morgan fingerprint density at radius 1 is 1.19 bits per heavy atom. The minimum absolute atomic E-state index is 0.0134. The smallest absolute Gasteiger partial charge is 0.223 e. The van der Waals surface area contributed by atoms with E-state index in [4.69, 9.17) is 0 Å². The molecule has 2 aliphatic rings. The second kappa shape index (κ2) is 5.79. The summed E-state index contributed by atoms with van der Waals surface area (Å²) in [7, 11) is -2.90. The van der Waals surface area contributed by atoms with Gasteiger partial charge in [0.25, 0.3) is 0 Å². The minimum atomic E-state index is -2.90. The average molecular weight is 307 g/mol. The Kier molecular flexibility index (Phi) is 4.02. The standard InChI is InChI=1S/C16H21NO3S/c18-16(11-13-8-10-21(19,20)12-13)17-9-4-7-15(17)14-5-2-1-3-6-14/h1-3,5-6,13,15H,4,7-12H2. The summed E-state index contributed by atoms with van der Waals surface area (Å²) in [4.78, 5) is 14.5. The van der Waals surface area contributed by atoms with Crippen molar-refractivity contribution >= 4 is 15.7 Å². The molecule has 2 atom stereocenters. The van der Waals surface area contributed by atoms with E-state index in [9.17, 15) is 13.2 Å². The molecule has 0 bridgehead atoms. The van der Waals surface area contributed by atoms with Crippen LogP contribution in [0.15, 0.2) is 30.3 Å². The molecular weight excluding hydrogens is 286 g/mol. The van der Waals surface area contributed by atoms with Gasteiger partial charge in [-0.2, -0.15) is 0 Å². The minimum Gasteiger partial charge on any atom is -0.336 e. The number of likely N-dealkylation sites (tertiary alicyclic amines) is 1. The van der Waals surface area contributed by atoms with Crippen LogP contribution in [0, 0.1) is 5.92 Å². The number of nitrogens with zero attached hydrogens (tertiary/aromatic N) is 1. The summed E-state index contributed by atoms with van der Waals surface area (Å²) in [6, 6.07) is 10.3. The summed E-state index contributed by atoms with van der Waals surface area (Å²) in [5.74, 6) is 0.554. The molecule has 1 aromatic rings. The van der Waals surface area contributed by atoms with E-state index in [0.29, 0.717) is 12.8 Å². The molecule has 0 spiro atoms. The number of rotatable bonds is 3. The number of carbonyl (C=O) groups excluding carboxylic acids is 1. The number of benzene rings is 1. The molecule has 2 unspecified atom stereocenters. The van der Waals surface area contributed by atoms with Crippen molar-refractivity contribution in [3.05, 3.63) is 35.9 Å². The summed E-state index contributed by atoms with van der Waals surface area (Å²) in [5, 5.41) is 0. The van der Waals surface area contributed by atoms with Gasteiger partial charge in [0.2, 0.25) is 5.91 Å². The Morgan fingerprint density at radius 2 is 1.95 bits per heavy atom. The second-order valence-electron chi connectivity index (χ2n) is 6.13. The second-order valence-corrected chi connectivity index (χ2v) is 8.36. The zero-order chi connectivity index (χ0) is 14.9. The van der Waals surface area contributed by atoms with Crippen molar-refractivity contribution in [1.29, 1.82) is 0 Å². The van der Waals surface area contributed by atoms with Crippen molar-refractivity contribution in [3.8, 4) is 0 Å². The lowest BCUT2D eigenvalue weighted by Crippen LogP contribution is -2.32. The maximum absolute atomic E-state index is 12.5. The predicted molar refractivity (Wildman–Crippen MR) is 81.5 cm³/mol. The molecule has 2 heterocycles. The van der Waals surface area contributed by atoms with Gasteiger partial charge >= 0.3 is 0 Å². The zero-order valence-electron chi connectivity index (χ0n) is 12.1. The first-order valence-corrected chi connectivity index (χ1v) is 9.42. The Balaban J connectivity index is 1.67. The Bertz CT molecular complexity index is 612. The molecule has 2 saturated heterocycles. The lowest BCUT2D eigenvalue weighted by molar-refractivity contribution is -0.133. The topological polar surface area (TPSA) is 54.5 Å². The highest BCUT2D eigenvalue weighted by Crippen LogP contribution is 2.33. The van der Waals surface area contributed by atoms with Crippen molar-refractivity contribution in [1.82, 2.24) is 4.90 Å². The van der Waals surface area contributed by atoms with E-state index < -0.39 is 9.84 Å². The van der Waals surface area contributed by atoms with E-state index in [0.717, 1.165) is 19.4 Å². The summed E-state index contributed by atoms with van der Waals surface area (Å²) < 4.78 is 23.0. The first-order valence-electron chi connectivity index (χ1n) is 7.60. The van der Waals surface area contributed by atoms with Gasteiger partial charge in [-0.1, -0.05) is 30.3 Å². The van der Waals surface area contributed by atoms with Gasteiger partial charge in [-0.25, -0.2) is 8.42 Å². The van der Waals surface area contributed by atoms with Crippen LogP contribution < -0.4 is 0 Å². The van der Waals surface area contributed by atoms with E-state index in [1.54, 1.807) is 0 Å². The summed E-state index contributed by atoms with van der Waals surface area (Å²) >= 11 is 0. The van der Waals surface area contributed by atoms with E-state index in [1.165, 1.54) is 5.56 Å². The van der Waals surface area contributed by atoms with Gasteiger partial charge in [0.05, 0.1) is 17.5 Å². The molecule has 1 amide bonds. The summed E-state index contributed by atoms with van der Waals surface area (Å²) in [6.45, 7) is 0.790. The van der Waals surface area contributed by atoms with Crippen LogP contribution >= 0.6 is 0 Å². The normalized spacial score (nSPS) is 27.9. The predicted octanol–water partition coefficient (Wildman–Crippen LogP) is 2.17. The van der Waals surface area contributed by atoms with Crippen molar-refractivity contribution < 1.29 is 13.2 Å². The van der Waals surface area contributed by atoms with Crippen LogP contribution in [-0.2, 0) is 14.6 Å². The maximum atomic E-state index is 12.5. The van der Waals surface area contributed by atoms with Crippen molar-refractivity contribution in [2.24, 2.45) is 5.92 Å². The number of amides is 1. The quantitative estimate of drug-likeness (QED) is 0.860. The highest BCUT2D eigenvalue weighted by atomic mass is 32.2. The average Bonchev–Trinajstić information content (AvgIpc) is 3.06. The molecule has 0 saturated carbocycles. The van der Waals surface area contributed by atoms with Crippen LogP contribution in [0.2, 0.25) is 0 Å². The monoisotopic (exact) mass is 307 g/mol. The van der Waals surface area contributed by atoms with Crippen molar-refractivity contribution in [2.75, 3.05) is 18.1 Å². The van der Waals surface area contributed by atoms with Crippen LogP contribution in [0.1, 0.15) is 37.3 Å². The Morgan fingerprint density at radius 3 is 2.62 bits per heavy atom. The van der Waals surface area contributed by atoms with Crippen LogP contribution in [0.4, 0.5) is 0 Å². The molecule has 0 aliphatic carbocycles.